The summed E-state index contributed by atoms with van der Waals surface area (Å²) >= 11 is 0. The molecule has 0 spiro atoms. The maximum atomic E-state index is 11.4. The molecule has 18 heavy (non-hydrogen) atoms. The normalized spacial score (nSPS) is 12.3. The average Bonchev–Trinajstić information content (AvgIpc) is 2.74. The fourth-order valence-electron chi connectivity index (χ4n) is 1.50. The molecule has 1 heterocycles. The summed E-state index contributed by atoms with van der Waals surface area (Å²) in [5.41, 5.74) is -0.213. The van der Waals surface area contributed by atoms with Gasteiger partial charge in [0.1, 0.15) is 12.3 Å². The number of rotatable bonds is 4. The van der Waals surface area contributed by atoms with E-state index in [1.165, 1.54) is 19.2 Å². The van der Waals surface area contributed by atoms with Gasteiger partial charge in [-0.15, -0.1) is 0 Å². The lowest BCUT2D eigenvalue weighted by Gasteiger charge is -2.06. The van der Waals surface area contributed by atoms with E-state index in [4.69, 9.17) is 9.47 Å². The smallest absolute Gasteiger partial charge is 0.296 e. The summed E-state index contributed by atoms with van der Waals surface area (Å²) in [6.07, 6.45) is 0. The molecular weight excluding hydrogens is 244 g/mol. The number of nitro groups is 1. The summed E-state index contributed by atoms with van der Waals surface area (Å²) in [5, 5.41) is 13.3. The highest BCUT2D eigenvalue weighted by Gasteiger charge is 2.24. The van der Waals surface area contributed by atoms with Crippen molar-refractivity contribution in [1.29, 1.82) is 0 Å². The minimum Gasteiger partial charge on any atom is -0.454 e. The first-order valence-corrected chi connectivity index (χ1v) is 4.98. The standard InChI is InChI=1S/C10H10N2O6/c1-16-4-10(13)11-6-2-8-9(18-5-17-8)3-7(6)12(14)15/h2-3H,4-5H2,1H3,(H,11,13). The lowest BCUT2D eigenvalue weighted by Crippen LogP contribution is -2.17. The third kappa shape index (κ3) is 2.33. The Labute approximate surface area is 102 Å². The van der Waals surface area contributed by atoms with Gasteiger partial charge in [0, 0.05) is 13.2 Å². The van der Waals surface area contributed by atoms with Gasteiger partial charge >= 0.3 is 0 Å². The number of nitrogens with zero attached hydrogens (tertiary/aromatic N) is 1. The number of benzene rings is 1. The van der Waals surface area contributed by atoms with Crippen molar-refractivity contribution in [3.8, 4) is 11.5 Å². The van der Waals surface area contributed by atoms with Crippen LogP contribution in [-0.4, -0.2) is 31.3 Å². The van der Waals surface area contributed by atoms with Crippen LogP contribution in [0, 0.1) is 10.1 Å². The largest absolute Gasteiger partial charge is 0.454 e. The van der Waals surface area contributed by atoms with E-state index >= 15 is 0 Å². The van der Waals surface area contributed by atoms with E-state index in [-0.39, 0.29) is 30.5 Å². The van der Waals surface area contributed by atoms with Gasteiger partial charge in [-0.1, -0.05) is 0 Å². The number of hydrogen-bond donors (Lipinski definition) is 1. The minimum atomic E-state index is -0.607. The molecule has 0 aromatic heterocycles. The van der Waals surface area contributed by atoms with Gasteiger partial charge in [-0.25, -0.2) is 0 Å². The molecular formula is C10H10N2O6. The van der Waals surface area contributed by atoms with Crippen LogP contribution in [0.3, 0.4) is 0 Å². The number of amides is 1. The van der Waals surface area contributed by atoms with Crippen LogP contribution in [0.2, 0.25) is 0 Å². The lowest BCUT2D eigenvalue weighted by atomic mass is 10.2. The van der Waals surface area contributed by atoms with Crippen molar-refractivity contribution < 1.29 is 23.9 Å². The molecule has 8 heteroatoms. The fraction of sp³-hybridized carbons (Fsp3) is 0.300. The molecule has 1 aliphatic heterocycles. The number of carbonyl (C=O) groups excluding carboxylic acids is 1. The van der Waals surface area contributed by atoms with Crippen LogP contribution in [0.5, 0.6) is 11.5 Å². The Morgan fingerprint density at radius 2 is 2.17 bits per heavy atom. The second-order valence-corrected chi connectivity index (χ2v) is 3.46. The molecule has 0 fully saturated rings. The van der Waals surface area contributed by atoms with Crippen molar-refractivity contribution in [2.45, 2.75) is 0 Å². The molecule has 96 valence electrons. The maximum absolute atomic E-state index is 11.4. The molecule has 0 saturated carbocycles. The predicted molar refractivity (Wildman–Crippen MR) is 59.7 cm³/mol. The monoisotopic (exact) mass is 254 g/mol. The third-order valence-electron chi connectivity index (χ3n) is 2.24. The number of hydrogen-bond acceptors (Lipinski definition) is 6. The van der Waals surface area contributed by atoms with Crippen molar-refractivity contribution >= 4 is 17.3 Å². The van der Waals surface area contributed by atoms with E-state index < -0.39 is 10.8 Å². The van der Waals surface area contributed by atoms with Crippen LogP contribution in [0.25, 0.3) is 0 Å². The van der Waals surface area contributed by atoms with Crippen molar-refractivity contribution in [2.24, 2.45) is 0 Å². The van der Waals surface area contributed by atoms with E-state index in [9.17, 15) is 14.9 Å². The molecule has 1 amide bonds. The van der Waals surface area contributed by atoms with E-state index in [1.807, 2.05) is 0 Å². The molecule has 0 aliphatic carbocycles. The Morgan fingerprint density at radius 3 is 2.78 bits per heavy atom. The number of anilines is 1. The van der Waals surface area contributed by atoms with Gasteiger partial charge in [0.2, 0.25) is 6.79 Å². The number of carbonyl (C=O) groups is 1. The van der Waals surface area contributed by atoms with Crippen LogP contribution in [0.4, 0.5) is 11.4 Å². The Morgan fingerprint density at radius 1 is 1.50 bits per heavy atom. The second-order valence-electron chi connectivity index (χ2n) is 3.46. The van der Waals surface area contributed by atoms with E-state index in [0.717, 1.165) is 0 Å². The highest BCUT2D eigenvalue weighted by atomic mass is 16.7. The van der Waals surface area contributed by atoms with Crippen LogP contribution >= 0.6 is 0 Å². The van der Waals surface area contributed by atoms with Crippen LogP contribution in [0.15, 0.2) is 12.1 Å². The Hall–Kier alpha value is -2.35. The summed E-state index contributed by atoms with van der Waals surface area (Å²) in [5.74, 6) is 0.152. The third-order valence-corrected chi connectivity index (χ3v) is 2.24. The van der Waals surface area contributed by atoms with Crippen molar-refractivity contribution in [1.82, 2.24) is 0 Å². The molecule has 0 saturated heterocycles. The van der Waals surface area contributed by atoms with Crippen LogP contribution < -0.4 is 14.8 Å². The van der Waals surface area contributed by atoms with Gasteiger partial charge in [-0.3, -0.25) is 14.9 Å². The number of fused-ring (bicyclic) bond motifs is 1. The minimum absolute atomic E-state index is 0.00194. The summed E-state index contributed by atoms with van der Waals surface area (Å²) in [7, 11) is 1.35. The molecule has 0 atom stereocenters. The number of nitrogens with one attached hydrogen (secondary N) is 1. The van der Waals surface area contributed by atoms with E-state index in [1.54, 1.807) is 0 Å². The molecule has 0 radical (unpaired) electrons. The number of ether oxygens (including phenoxy) is 3. The van der Waals surface area contributed by atoms with Gasteiger partial charge in [-0.05, 0) is 0 Å². The Bertz CT molecular complexity index is 501. The molecule has 1 N–H and O–H groups in total. The number of nitro benzene ring substituents is 1. The first-order valence-electron chi connectivity index (χ1n) is 4.98. The first kappa shape index (κ1) is 12.1. The summed E-state index contributed by atoms with van der Waals surface area (Å²) < 4.78 is 14.8. The van der Waals surface area contributed by atoms with Gasteiger partial charge in [0.15, 0.2) is 11.5 Å². The molecule has 8 nitrogen and oxygen atoms in total. The topological polar surface area (TPSA) is 99.9 Å². The Balaban J connectivity index is 2.32. The average molecular weight is 254 g/mol. The zero-order chi connectivity index (χ0) is 13.1. The van der Waals surface area contributed by atoms with Gasteiger partial charge < -0.3 is 19.5 Å². The molecule has 0 bridgehead atoms. The molecule has 0 unspecified atom stereocenters. The first-order chi connectivity index (χ1) is 8.61. The molecule has 2 rings (SSSR count). The maximum Gasteiger partial charge on any atom is 0.296 e. The molecule has 1 aromatic carbocycles. The van der Waals surface area contributed by atoms with Gasteiger partial charge in [-0.2, -0.15) is 0 Å². The lowest BCUT2D eigenvalue weighted by molar-refractivity contribution is -0.384. The van der Waals surface area contributed by atoms with Crippen LogP contribution in [-0.2, 0) is 9.53 Å². The zero-order valence-corrected chi connectivity index (χ0v) is 9.47. The summed E-state index contributed by atoms with van der Waals surface area (Å²) in [6.45, 7) is -0.187. The molecule has 1 aromatic rings. The number of methoxy groups -OCH3 is 1. The van der Waals surface area contributed by atoms with Gasteiger partial charge in [0.05, 0.1) is 11.0 Å². The van der Waals surface area contributed by atoms with Crippen LogP contribution in [0.1, 0.15) is 0 Å². The Kier molecular flexibility index (Phi) is 3.28. The summed E-state index contributed by atoms with van der Waals surface area (Å²) in [4.78, 5) is 21.6. The SMILES string of the molecule is COCC(=O)Nc1cc2c(cc1[N+](=O)[O-])OCO2. The van der Waals surface area contributed by atoms with Crippen molar-refractivity contribution in [3.05, 3.63) is 22.2 Å². The highest BCUT2D eigenvalue weighted by molar-refractivity contribution is 5.94. The predicted octanol–water partition coefficient (Wildman–Crippen LogP) is 0.908. The molecule has 1 aliphatic rings. The fourth-order valence-corrected chi connectivity index (χ4v) is 1.50. The van der Waals surface area contributed by atoms with Crippen molar-refractivity contribution in [2.75, 3.05) is 25.8 Å². The van der Waals surface area contributed by atoms with E-state index in [0.29, 0.717) is 5.75 Å². The summed E-state index contributed by atoms with van der Waals surface area (Å²) in [6, 6.07) is 2.57. The zero-order valence-electron chi connectivity index (χ0n) is 9.47. The van der Waals surface area contributed by atoms with Crippen molar-refractivity contribution in [3.63, 3.8) is 0 Å². The van der Waals surface area contributed by atoms with Gasteiger partial charge in [0.25, 0.3) is 11.6 Å². The van der Waals surface area contributed by atoms with E-state index in [2.05, 4.69) is 10.1 Å². The highest BCUT2D eigenvalue weighted by Crippen LogP contribution is 2.40. The quantitative estimate of drug-likeness (QED) is 0.633. The second kappa shape index (κ2) is 4.88.